The quantitative estimate of drug-likeness (QED) is 0.862. The molecule has 1 aromatic carbocycles. The lowest BCUT2D eigenvalue weighted by atomic mass is 9.93. The van der Waals surface area contributed by atoms with Gasteiger partial charge in [-0.05, 0) is 60.9 Å². The minimum absolute atomic E-state index is 0.172. The average molecular weight is 275 g/mol. The Kier molecular flexibility index (Phi) is 3.67. The molecule has 0 bridgehead atoms. The van der Waals surface area contributed by atoms with Gasteiger partial charge in [0.2, 0.25) is 0 Å². The van der Waals surface area contributed by atoms with Crippen LogP contribution in [0.5, 0.6) is 0 Å². The van der Waals surface area contributed by atoms with Gasteiger partial charge in [0, 0.05) is 17.0 Å². The van der Waals surface area contributed by atoms with Gasteiger partial charge in [0.25, 0.3) is 0 Å². The van der Waals surface area contributed by atoms with E-state index in [1.165, 1.54) is 41.8 Å². The molecule has 1 aliphatic rings. The van der Waals surface area contributed by atoms with Crippen LogP contribution in [-0.2, 0) is 6.42 Å². The van der Waals surface area contributed by atoms with E-state index in [1.807, 2.05) is 23.5 Å². The Labute approximate surface area is 117 Å². The Morgan fingerprint density at radius 3 is 2.84 bits per heavy atom. The van der Waals surface area contributed by atoms with E-state index in [9.17, 15) is 4.39 Å². The van der Waals surface area contributed by atoms with Gasteiger partial charge in [0.1, 0.15) is 5.82 Å². The fraction of sp³-hybridized carbons (Fsp3) is 0.375. The van der Waals surface area contributed by atoms with Gasteiger partial charge in [-0.25, -0.2) is 4.39 Å². The van der Waals surface area contributed by atoms with Crippen molar-refractivity contribution in [2.24, 2.45) is 0 Å². The topological polar surface area (TPSA) is 12.0 Å². The predicted molar refractivity (Wildman–Crippen MR) is 77.9 cm³/mol. The molecule has 0 saturated heterocycles. The zero-order valence-corrected chi connectivity index (χ0v) is 11.8. The molecule has 2 atom stereocenters. The van der Waals surface area contributed by atoms with Gasteiger partial charge in [0.05, 0.1) is 0 Å². The molecule has 1 nitrogen and oxygen atoms in total. The number of benzene rings is 1. The lowest BCUT2D eigenvalue weighted by Crippen LogP contribution is -2.27. The summed E-state index contributed by atoms with van der Waals surface area (Å²) in [4.78, 5) is 1.52. The number of hydrogen-bond donors (Lipinski definition) is 1. The zero-order valence-electron chi connectivity index (χ0n) is 11.0. The Morgan fingerprint density at radius 2 is 2.05 bits per heavy atom. The molecule has 0 radical (unpaired) electrons. The fourth-order valence-electron chi connectivity index (χ4n) is 2.81. The second-order valence-electron chi connectivity index (χ2n) is 5.18. The number of nitrogens with one attached hydrogen (secondary N) is 1. The van der Waals surface area contributed by atoms with E-state index in [0.717, 1.165) is 5.56 Å². The van der Waals surface area contributed by atoms with Crippen LogP contribution in [0.4, 0.5) is 4.39 Å². The summed E-state index contributed by atoms with van der Waals surface area (Å²) < 4.78 is 12.9. The second kappa shape index (κ2) is 5.43. The SMILES string of the molecule is CC(NC1CCCc2sccc21)c1ccc(F)cc1. The summed E-state index contributed by atoms with van der Waals surface area (Å²) in [7, 11) is 0. The zero-order chi connectivity index (χ0) is 13.2. The van der Waals surface area contributed by atoms with E-state index in [4.69, 9.17) is 0 Å². The van der Waals surface area contributed by atoms with Crippen molar-refractivity contribution >= 4 is 11.3 Å². The third kappa shape index (κ3) is 2.72. The van der Waals surface area contributed by atoms with Crippen molar-refractivity contribution in [2.75, 3.05) is 0 Å². The Bertz CT molecular complexity index is 546. The number of aryl methyl sites for hydroxylation is 1. The molecule has 1 N–H and O–H groups in total. The van der Waals surface area contributed by atoms with Crippen molar-refractivity contribution in [2.45, 2.75) is 38.3 Å². The highest BCUT2D eigenvalue weighted by Gasteiger charge is 2.22. The number of halogens is 1. The average Bonchev–Trinajstić information content (AvgIpc) is 2.89. The Morgan fingerprint density at radius 1 is 1.26 bits per heavy atom. The van der Waals surface area contributed by atoms with Crippen molar-refractivity contribution in [3.63, 3.8) is 0 Å². The van der Waals surface area contributed by atoms with Gasteiger partial charge in [-0.3, -0.25) is 0 Å². The molecule has 2 aromatic rings. The maximum Gasteiger partial charge on any atom is 0.123 e. The van der Waals surface area contributed by atoms with E-state index in [0.29, 0.717) is 6.04 Å². The Balaban J connectivity index is 1.74. The molecule has 100 valence electrons. The van der Waals surface area contributed by atoms with Gasteiger partial charge < -0.3 is 5.32 Å². The van der Waals surface area contributed by atoms with Crippen LogP contribution in [0.3, 0.4) is 0 Å². The maximum absolute atomic E-state index is 12.9. The molecular weight excluding hydrogens is 257 g/mol. The van der Waals surface area contributed by atoms with Crippen LogP contribution in [0.25, 0.3) is 0 Å². The van der Waals surface area contributed by atoms with Crippen molar-refractivity contribution < 1.29 is 4.39 Å². The molecular formula is C16H18FNS. The van der Waals surface area contributed by atoms with Crippen molar-refractivity contribution in [1.29, 1.82) is 0 Å². The molecule has 2 unspecified atom stereocenters. The molecule has 0 fully saturated rings. The summed E-state index contributed by atoms with van der Waals surface area (Å²) in [6.07, 6.45) is 3.66. The molecule has 3 heteroatoms. The van der Waals surface area contributed by atoms with Gasteiger partial charge in [-0.15, -0.1) is 11.3 Å². The molecule has 1 aliphatic carbocycles. The molecule has 1 aromatic heterocycles. The maximum atomic E-state index is 12.9. The molecule has 0 aliphatic heterocycles. The summed E-state index contributed by atoms with van der Waals surface area (Å²) in [6.45, 7) is 2.15. The minimum Gasteiger partial charge on any atom is -0.303 e. The van der Waals surface area contributed by atoms with Crippen molar-refractivity contribution in [3.05, 3.63) is 57.5 Å². The third-order valence-electron chi connectivity index (χ3n) is 3.87. The normalized spacial score (nSPS) is 20.0. The van der Waals surface area contributed by atoms with Gasteiger partial charge >= 0.3 is 0 Å². The lowest BCUT2D eigenvalue weighted by Gasteiger charge is -2.27. The molecule has 1 heterocycles. The summed E-state index contributed by atoms with van der Waals surface area (Å²) in [5.41, 5.74) is 2.61. The molecule has 0 spiro atoms. The minimum atomic E-state index is -0.172. The summed E-state index contributed by atoms with van der Waals surface area (Å²) >= 11 is 1.86. The molecule has 3 rings (SSSR count). The van der Waals surface area contributed by atoms with Crippen LogP contribution in [0.1, 0.15) is 47.9 Å². The summed E-state index contributed by atoms with van der Waals surface area (Å²) in [6, 6.07) is 9.73. The van der Waals surface area contributed by atoms with E-state index in [2.05, 4.69) is 23.7 Å². The molecule has 19 heavy (non-hydrogen) atoms. The number of hydrogen-bond acceptors (Lipinski definition) is 2. The lowest BCUT2D eigenvalue weighted by molar-refractivity contribution is 0.418. The highest BCUT2D eigenvalue weighted by molar-refractivity contribution is 7.10. The largest absolute Gasteiger partial charge is 0.303 e. The first kappa shape index (κ1) is 12.8. The monoisotopic (exact) mass is 275 g/mol. The highest BCUT2D eigenvalue weighted by atomic mass is 32.1. The first-order valence-corrected chi connectivity index (χ1v) is 7.70. The first-order chi connectivity index (χ1) is 9.24. The molecule has 0 amide bonds. The van der Waals surface area contributed by atoms with Crippen LogP contribution in [0, 0.1) is 5.82 Å². The van der Waals surface area contributed by atoms with Crippen molar-refractivity contribution in [1.82, 2.24) is 5.32 Å². The van der Waals surface area contributed by atoms with Crippen LogP contribution >= 0.6 is 11.3 Å². The third-order valence-corrected chi connectivity index (χ3v) is 4.87. The smallest absolute Gasteiger partial charge is 0.123 e. The number of rotatable bonds is 3. The van der Waals surface area contributed by atoms with Gasteiger partial charge in [0.15, 0.2) is 0 Å². The first-order valence-electron chi connectivity index (χ1n) is 6.82. The second-order valence-corrected chi connectivity index (χ2v) is 6.18. The van der Waals surface area contributed by atoms with Crippen LogP contribution in [0.2, 0.25) is 0 Å². The van der Waals surface area contributed by atoms with E-state index in [1.54, 1.807) is 0 Å². The standard InChI is InChI=1S/C16H18FNS/c1-11(12-5-7-13(17)8-6-12)18-15-3-2-4-16-14(15)9-10-19-16/h5-11,15,18H,2-4H2,1H3. The van der Waals surface area contributed by atoms with E-state index in [-0.39, 0.29) is 11.9 Å². The van der Waals surface area contributed by atoms with Gasteiger partial charge in [-0.1, -0.05) is 12.1 Å². The van der Waals surface area contributed by atoms with E-state index >= 15 is 0 Å². The van der Waals surface area contributed by atoms with Crippen LogP contribution in [-0.4, -0.2) is 0 Å². The van der Waals surface area contributed by atoms with Crippen LogP contribution in [0.15, 0.2) is 35.7 Å². The highest BCUT2D eigenvalue weighted by Crippen LogP contribution is 2.34. The number of fused-ring (bicyclic) bond motifs is 1. The van der Waals surface area contributed by atoms with Crippen molar-refractivity contribution in [3.8, 4) is 0 Å². The van der Waals surface area contributed by atoms with Gasteiger partial charge in [-0.2, -0.15) is 0 Å². The van der Waals surface area contributed by atoms with E-state index < -0.39 is 0 Å². The molecule has 0 saturated carbocycles. The number of thiophene rings is 1. The van der Waals surface area contributed by atoms with Crippen LogP contribution < -0.4 is 5.32 Å². The summed E-state index contributed by atoms with van der Waals surface area (Å²) in [5, 5.41) is 5.87. The predicted octanol–water partition coefficient (Wildman–Crippen LogP) is 4.62. The summed E-state index contributed by atoms with van der Waals surface area (Å²) in [5.74, 6) is -0.172. The fourth-order valence-corrected chi connectivity index (χ4v) is 3.80. The Hall–Kier alpha value is -1.19.